The van der Waals surface area contributed by atoms with Crippen LogP contribution >= 0.6 is 11.6 Å². The number of hydrogen-bond donors (Lipinski definition) is 2. The van der Waals surface area contributed by atoms with Crippen molar-refractivity contribution in [1.82, 2.24) is 0 Å². The van der Waals surface area contributed by atoms with Crippen LogP contribution in [0.5, 0.6) is 0 Å². The lowest BCUT2D eigenvalue weighted by atomic mass is 9.82. The number of carboxylic acids is 1. The van der Waals surface area contributed by atoms with Crippen molar-refractivity contribution in [3.05, 3.63) is 71.3 Å². The van der Waals surface area contributed by atoms with Crippen LogP contribution in [-0.2, 0) is 9.59 Å². The van der Waals surface area contributed by atoms with Crippen LogP contribution in [0.2, 0.25) is 5.02 Å². The summed E-state index contributed by atoms with van der Waals surface area (Å²) in [6.07, 6.45) is 4.07. The summed E-state index contributed by atoms with van der Waals surface area (Å²) in [5.74, 6) is -3.77. The van der Waals surface area contributed by atoms with Gasteiger partial charge in [0.05, 0.1) is 17.2 Å². The Bertz CT molecular complexity index is 942. The zero-order chi connectivity index (χ0) is 20.1. The van der Waals surface area contributed by atoms with Crippen LogP contribution in [0.1, 0.15) is 23.2 Å². The van der Waals surface area contributed by atoms with E-state index < -0.39 is 29.6 Å². The number of carbonyl (C=O) groups is 3. The minimum atomic E-state index is -1.25. The topological polar surface area (TPSA) is 98.3 Å². The van der Waals surface area contributed by atoms with Gasteiger partial charge in [0.25, 0.3) is 5.91 Å². The molecular weight excluding hydrogens is 380 g/mol. The minimum absolute atomic E-state index is 0.247. The van der Waals surface area contributed by atoms with Gasteiger partial charge in [0.2, 0.25) is 5.91 Å². The number of halogens is 1. The summed E-state index contributed by atoms with van der Waals surface area (Å²) < 4.78 is 0. The molecule has 0 aromatic heterocycles. The average molecular weight is 398 g/mol. The number of allylic oxidation sites excluding steroid dienone is 2. The minimum Gasteiger partial charge on any atom is -0.550 e. The molecule has 0 radical (unpaired) electrons. The molecule has 1 aliphatic rings. The molecule has 0 bridgehead atoms. The molecule has 0 spiro atoms. The highest BCUT2D eigenvalue weighted by atomic mass is 35.5. The van der Waals surface area contributed by atoms with Crippen LogP contribution in [0, 0.1) is 11.8 Å². The molecule has 0 unspecified atom stereocenters. The van der Waals surface area contributed by atoms with Crippen LogP contribution in [0.25, 0.3) is 0 Å². The third-order valence-electron chi connectivity index (χ3n) is 4.58. The van der Waals surface area contributed by atoms with Crippen LogP contribution < -0.4 is 15.7 Å². The van der Waals surface area contributed by atoms with E-state index in [1.807, 2.05) is 0 Å². The normalized spacial score (nSPS) is 18.3. The van der Waals surface area contributed by atoms with Crippen molar-refractivity contribution in [2.24, 2.45) is 11.8 Å². The molecule has 144 valence electrons. The summed E-state index contributed by atoms with van der Waals surface area (Å²) in [6, 6.07) is 13.2. The number of carboxylic acid groups (broad SMARTS) is 1. The van der Waals surface area contributed by atoms with Gasteiger partial charge in [-0.1, -0.05) is 42.0 Å². The lowest BCUT2D eigenvalue weighted by Gasteiger charge is -2.28. The second-order valence-corrected chi connectivity index (χ2v) is 6.91. The molecule has 0 fully saturated rings. The molecule has 2 atom stereocenters. The zero-order valence-corrected chi connectivity index (χ0v) is 15.6. The Hall–Kier alpha value is -3.12. The SMILES string of the molecule is O=C(Nc1cccc(Cl)c1)c1ccccc1NC(=O)[C@H]1CC=CC[C@H]1C(=O)[O-]. The highest BCUT2D eigenvalue weighted by Crippen LogP contribution is 2.27. The first-order chi connectivity index (χ1) is 13.5. The zero-order valence-electron chi connectivity index (χ0n) is 14.9. The number of aliphatic carboxylic acids is 1. The van der Waals surface area contributed by atoms with Crippen LogP contribution in [0.15, 0.2) is 60.7 Å². The standard InChI is InChI=1S/C21H19ClN2O4/c22-13-6-5-7-14(12-13)23-20(26)17-10-3-4-11-18(17)24-19(25)15-8-1-2-9-16(15)21(27)28/h1-7,10-12,15-16H,8-9H2,(H,23,26)(H,24,25)(H,27,28)/p-1/t15-,16+/m0/s1. The Labute approximate surface area is 167 Å². The summed E-state index contributed by atoms with van der Waals surface area (Å²) in [6.45, 7) is 0. The Morgan fingerprint density at radius 3 is 2.36 bits per heavy atom. The molecule has 3 rings (SSSR count). The fourth-order valence-corrected chi connectivity index (χ4v) is 3.33. The van der Waals surface area contributed by atoms with Crippen molar-refractivity contribution in [3.8, 4) is 0 Å². The number of rotatable bonds is 5. The van der Waals surface area contributed by atoms with Crippen LogP contribution in [0.4, 0.5) is 11.4 Å². The van der Waals surface area contributed by atoms with Crippen LogP contribution in [-0.4, -0.2) is 17.8 Å². The molecule has 28 heavy (non-hydrogen) atoms. The van der Waals surface area contributed by atoms with Gasteiger partial charge in [-0.3, -0.25) is 9.59 Å². The fraction of sp³-hybridized carbons (Fsp3) is 0.190. The van der Waals surface area contributed by atoms with Gasteiger partial charge in [0.1, 0.15) is 0 Å². The smallest absolute Gasteiger partial charge is 0.257 e. The summed E-state index contributed by atoms with van der Waals surface area (Å²) >= 11 is 5.93. The van der Waals surface area contributed by atoms with E-state index in [9.17, 15) is 19.5 Å². The molecule has 0 aliphatic heterocycles. The van der Waals surface area contributed by atoms with E-state index in [1.165, 1.54) is 0 Å². The third kappa shape index (κ3) is 4.58. The van der Waals surface area contributed by atoms with E-state index in [0.29, 0.717) is 22.8 Å². The predicted octanol–water partition coefficient (Wildman–Crippen LogP) is 2.86. The molecule has 0 heterocycles. The maximum atomic E-state index is 12.7. The summed E-state index contributed by atoms with van der Waals surface area (Å²) in [7, 11) is 0. The van der Waals surface area contributed by atoms with Crippen molar-refractivity contribution < 1.29 is 19.5 Å². The lowest BCUT2D eigenvalue weighted by molar-refractivity contribution is -0.313. The molecular formula is C21H18ClN2O4-. The number of para-hydroxylation sites is 1. The van der Waals surface area contributed by atoms with E-state index in [0.717, 1.165) is 0 Å². The Balaban J connectivity index is 1.78. The van der Waals surface area contributed by atoms with E-state index in [2.05, 4.69) is 10.6 Å². The highest BCUT2D eigenvalue weighted by Gasteiger charge is 2.30. The summed E-state index contributed by atoms with van der Waals surface area (Å²) in [5, 5.41) is 17.2. The van der Waals surface area contributed by atoms with E-state index >= 15 is 0 Å². The summed E-state index contributed by atoms with van der Waals surface area (Å²) in [5.41, 5.74) is 1.08. The van der Waals surface area contributed by atoms with Gasteiger partial charge in [-0.05, 0) is 43.2 Å². The largest absolute Gasteiger partial charge is 0.550 e. The van der Waals surface area contributed by atoms with E-state index in [-0.39, 0.29) is 12.0 Å². The number of hydrogen-bond acceptors (Lipinski definition) is 4. The number of anilines is 2. The van der Waals surface area contributed by atoms with Gasteiger partial charge in [-0.25, -0.2) is 0 Å². The second kappa shape index (κ2) is 8.71. The predicted molar refractivity (Wildman–Crippen MR) is 105 cm³/mol. The van der Waals surface area contributed by atoms with E-state index in [1.54, 1.807) is 60.7 Å². The molecule has 0 saturated carbocycles. The van der Waals surface area contributed by atoms with Crippen molar-refractivity contribution in [1.29, 1.82) is 0 Å². The Morgan fingerprint density at radius 2 is 1.64 bits per heavy atom. The molecule has 2 amide bonds. The first-order valence-electron chi connectivity index (χ1n) is 8.78. The molecule has 6 nitrogen and oxygen atoms in total. The number of benzene rings is 2. The van der Waals surface area contributed by atoms with Gasteiger partial charge in [-0.15, -0.1) is 0 Å². The maximum Gasteiger partial charge on any atom is 0.257 e. The molecule has 0 saturated heterocycles. The average Bonchev–Trinajstić information content (AvgIpc) is 2.68. The van der Waals surface area contributed by atoms with Crippen LogP contribution in [0.3, 0.4) is 0 Å². The molecule has 7 heteroatoms. The quantitative estimate of drug-likeness (QED) is 0.758. The van der Waals surface area contributed by atoms with Gasteiger partial charge in [-0.2, -0.15) is 0 Å². The fourth-order valence-electron chi connectivity index (χ4n) is 3.14. The van der Waals surface area contributed by atoms with Crippen molar-refractivity contribution in [3.63, 3.8) is 0 Å². The molecule has 1 aliphatic carbocycles. The van der Waals surface area contributed by atoms with Gasteiger partial charge < -0.3 is 20.5 Å². The van der Waals surface area contributed by atoms with Gasteiger partial charge in [0.15, 0.2) is 0 Å². The highest BCUT2D eigenvalue weighted by molar-refractivity contribution is 6.31. The maximum absolute atomic E-state index is 12.7. The first-order valence-corrected chi connectivity index (χ1v) is 9.16. The first kappa shape index (κ1) is 19.6. The Morgan fingerprint density at radius 1 is 0.929 bits per heavy atom. The van der Waals surface area contributed by atoms with Crippen molar-refractivity contribution in [2.45, 2.75) is 12.8 Å². The lowest BCUT2D eigenvalue weighted by Crippen LogP contribution is -2.41. The van der Waals surface area contributed by atoms with E-state index in [4.69, 9.17) is 11.6 Å². The van der Waals surface area contributed by atoms with Crippen molar-refractivity contribution in [2.75, 3.05) is 10.6 Å². The second-order valence-electron chi connectivity index (χ2n) is 6.47. The molecule has 2 aromatic carbocycles. The third-order valence-corrected chi connectivity index (χ3v) is 4.82. The van der Waals surface area contributed by atoms with Gasteiger partial charge in [0, 0.05) is 22.6 Å². The molecule has 2 aromatic rings. The van der Waals surface area contributed by atoms with Gasteiger partial charge >= 0.3 is 0 Å². The number of nitrogens with one attached hydrogen (secondary N) is 2. The number of amides is 2. The summed E-state index contributed by atoms with van der Waals surface area (Å²) in [4.78, 5) is 36.7. The Kier molecular flexibility index (Phi) is 6.11. The molecule has 2 N–H and O–H groups in total. The monoisotopic (exact) mass is 397 g/mol. The van der Waals surface area contributed by atoms with Crippen molar-refractivity contribution >= 4 is 40.8 Å². The number of carbonyl (C=O) groups excluding carboxylic acids is 3.